The molecule has 0 aliphatic heterocycles. The van der Waals surface area contributed by atoms with Crippen molar-refractivity contribution in [1.29, 1.82) is 0 Å². The van der Waals surface area contributed by atoms with E-state index in [-0.39, 0.29) is 31.5 Å². The fourth-order valence-electron chi connectivity index (χ4n) is 6.91. The molecular formula is C21H26ClFO5. The molecule has 0 unspecified atom stereocenters. The van der Waals surface area contributed by atoms with E-state index in [4.69, 9.17) is 11.6 Å². The van der Waals surface area contributed by atoms with E-state index in [9.17, 15) is 24.6 Å². The minimum Gasteiger partial charge on any atom is -0.390 e. The highest BCUT2D eigenvalue weighted by Gasteiger charge is 2.76. The van der Waals surface area contributed by atoms with Crippen LogP contribution in [-0.2, 0) is 14.4 Å². The normalized spacial score (nSPS) is 50.5. The number of hydrogen-bond acceptors (Lipinski definition) is 5. The lowest BCUT2D eigenvalue weighted by atomic mass is 9.44. The van der Waals surface area contributed by atoms with Crippen molar-refractivity contribution < 1.29 is 29.0 Å². The highest BCUT2D eigenvalue weighted by atomic mass is 35.5. The largest absolute Gasteiger partial charge is 0.390 e. The van der Waals surface area contributed by atoms with Gasteiger partial charge in [0.2, 0.25) is 0 Å². The molecule has 0 radical (unpaired) electrons. The summed E-state index contributed by atoms with van der Waals surface area (Å²) in [6, 6.07) is 0. The van der Waals surface area contributed by atoms with Crippen molar-refractivity contribution in [2.24, 2.45) is 22.7 Å². The van der Waals surface area contributed by atoms with Gasteiger partial charge in [0.1, 0.15) is 0 Å². The third kappa shape index (κ3) is 2.07. The Morgan fingerprint density at radius 2 is 1.96 bits per heavy atom. The van der Waals surface area contributed by atoms with Gasteiger partial charge in [-0.2, -0.15) is 0 Å². The predicted octanol–water partition coefficient (Wildman–Crippen LogP) is 2.30. The standard InChI is InChI=1S/C21H26ClFO5/c1-18-6-5-12(24)7-11(18)3-4-13-14-8-15(25)21(28,17(27)10-22)19(14,2)9-16(26)20(13,18)23/h7,13-15,25,28H,3-6,8-10H2,1-2H3/t13-,14-,15+,18-,19-,20-,21-/m0/s1. The zero-order valence-corrected chi connectivity index (χ0v) is 16.9. The molecule has 7 heteroatoms. The molecule has 3 saturated carbocycles. The van der Waals surface area contributed by atoms with Gasteiger partial charge in [0.15, 0.2) is 28.6 Å². The van der Waals surface area contributed by atoms with Crippen LogP contribution < -0.4 is 0 Å². The van der Waals surface area contributed by atoms with Crippen molar-refractivity contribution in [3.63, 3.8) is 0 Å². The summed E-state index contributed by atoms with van der Waals surface area (Å²) in [6.45, 7) is 3.33. The Kier molecular flexibility index (Phi) is 4.29. The summed E-state index contributed by atoms with van der Waals surface area (Å²) >= 11 is 5.69. The summed E-state index contributed by atoms with van der Waals surface area (Å²) in [4.78, 5) is 37.7. The van der Waals surface area contributed by atoms with E-state index in [0.717, 1.165) is 0 Å². The van der Waals surface area contributed by atoms with Gasteiger partial charge in [-0.15, -0.1) is 11.6 Å². The quantitative estimate of drug-likeness (QED) is 0.679. The van der Waals surface area contributed by atoms with Gasteiger partial charge in [-0.1, -0.05) is 19.4 Å². The van der Waals surface area contributed by atoms with Crippen molar-refractivity contribution >= 4 is 29.0 Å². The van der Waals surface area contributed by atoms with E-state index in [1.807, 2.05) is 0 Å². The highest BCUT2D eigenvalue weighted by molar-refractivity contribution is 6.29. The number of Topliss-reactive ketones (excluding diaryl/α,β-unsaturated/α-hetero) is 2. The molecule has 0 heterocycles. The summed E-state index contributed by atoms with van der Waals surface area (Å²) in [6.07, 6.45) is 1.13. The molecule has 0 aromatic rings. The van der Waals surface area contributed by atoms with Crippen molar-refractivity contribution in [3.05, 3.63) is 11.6 Å². The lowest BCUT2D eigenvalue weighted by molar-refractivity contribution is -0.192. The van der Waals surface area contributed by atoms with Crippen molar-refractivity contribution in [1.82, 2.24) is 0 Å². The number of allylic oxidation sites excluding steroid dienone is 1. The number of aliphatic hydroxyl groups excluding tert-OH is 1. The van der Waals surface area contributed by atoms with Crippen LogP contribution in [0.5, 0.6) is 0 Å². The molecule has 7 atom stereocenters. The SMILES string of the molecule is C[C@]12CCC(=O)C=C1CC[C@H]1[C@@H]3C[C@@H](O)[C@](O)(C(=O)CCl)[C@@]3(C)CC(=O)[C@@]12F. The third-order valence-electron chi connectivity index (χ3n) is 8.57. The molecule has 2 N–H and O–H groups in total. The zero-order valence-electron chi connectivity index (χ0n) is 16.1. The van der Waals surface area contributed by atoms with Gasteiger partial charge in [0.25, 0.3) is 0 Å². The Labute approximate surface area is 168 Å². The maximum Gasteiger partial charge on any atom is 0.182 e. The molecule has 0 spiro atoms. The number of hydrogen-bond donors (Lipinski definition) is 2. The van der Waals surface area contributed by atoms with E-state index in [0.29, 0.717) is 18.4 Å². The summed E-state index contributed by atoms with van der Waals surface area (Å²) in [5.74, 6) is -3.15. The number of halogens is 2. The van der Waals surface area contributed by atoms with Gasteiger partial charge in [-0.25, -0.2) is 4.39 Å². The molecule has 4 aliphatic carbocycles. The van der Waals surface area contributed by atoms with Gasteiger partial charge in [0.05, 0.1) is 12.0 Å². The van der Waals surface area contributed by atoms with Crippen LogP contribution in [0.1, 0.15) is 52.4 Å². The second-order valence-corrected chi connectivity index (χ2v) is 9.79. The fraction of sp³-hybridized carbons (Fsp3) is 0.762. The van der Waals surface area contributed by atoms with Crippen LogP contribution in [0.15, 0.2) is 11.6 Å². The van der Waals surface area contributed by atoms with Gasteiger partial charge >= 0.3 is 0 Å². The molecule has 4 rings (SSSR count). The molecule has 4 aliphatic rings. The average Bonchev–Trinajstić information content (AvgIpc) is 2.84. The topological polar surface area (TPSA) is 91.7 Å². The van der Waals surface area contributed by atoms with Crippen LogP contribution in [0.4, 0.5) is 4.39 Å². The third-order valence-corrected chi connectivity index (χ3v) is 8.81. The number of aliphatic hydroxyl groups is 2. The predicted molar refractivity (Wildman–Crippen MR) is 99.5 cm³/mol. The van der Waals surface area contributed by atoms with Crippen molar-refractivity contribution in [3.8, 4) is 0 Å². The van der Waals surface area contributed by atoms with Crippen LogP contribution in [0.25, 0.3) is 0 Å². The monoisotopic (exact) mass is 412 g/mol. The van der Waals surface area contributed by atoms with Crippen LogP contribution in [0.3, 0.4) is 0 Å². The van der Waals surface area contributed by atoms with E-state index in [2.05, 4.69) is 0 Å². The zero-order chi connectivity index (χ0) is 20.7. The first kappa shape index (κ1) is 20.2. The number of alkyl halides is 2. The first-order valence-corrected chi connectivity index (χ1v) is 10.5. The first-order valence-electron chi connectivity index (χ1n) is 9.92. The fourth-order valence-corrected chi connectivity index (χ4v) is 7.12. The second kappa shape index (κ2) is 5.96. The maximum atomic E-state index is 16.8. The van der Waals surface area contributed by atoms with E-state index >= 15 is 4.39 Å². The lowest BCUT2D eigenvalue weighted by Crippen LogP contribution is -2.68. The molecule has 0 bridgehead atoms. The molecule has 0 amide bonds. The Hall–Kier alpha value is -1.11. The molecular weight excluding hydrogens is 387 g/mol. The Bertz CT molecular complexity index is 811. The molecule has 0 aromatic carbocycles. The summed E-state index contributed by atoms with van der Waals surface area (Å²) in [5.41, 5.74) is -5.97. The number of carbonyl (C=O) groups is 3. The highest BCUT2D eigenvalue weighted by Crippen LogP contribution is 2.69. The summed E-state index contributed by atoms with van der Waals surface area (Å²) in [7, 11) is 0. The number of fused-ring (bicyclic) bond motifs is 5. The Balaban J connectivity index is 1.84. The number of carbonyl (C=O) groups excluding carboxylic acids is 3. The molecule has 154 valence electrons. The average molecular weight is 413 g/mol. The maximum absolute atomic E-state index is 16.8. The minimum atomic E-state index is -2.17. The van der Waals surface area contributed by atoms with Gasteiger partial charge in [0, 0.05) is 29.6 Å². The molecule has 28 heavy (non-hydrogen) atoms. The van der Waals surface area contributed by atoms with E-state index in [1.54, 1.807) is 13.8 Å². The molecule has 0 aromatic heterocycles. The van der Waals surface area contributed by atoms with Gasteiger partial charge in [-0.05, 0) is 37.7 Å². The molecule has 3 fully saturated rings. The summed E-state index contributed by atoms with van der Waals surface area (Å²) in [5, 5.41) is 21.8. The number of ketones is 3. The lowest BCUT2D eigenvalue weighted by Gasteiger charge is -2.60. The van der Waals surface area contributed by atoms with Crippen LogP contribution in [-0.4, -0.2) is 50.8 Å². The smallest absolute Gasteiger partial charge is 0.182 e. The number of rotatable bonds is 2. The minimum absolute atomic E-state index is 0.0407. The Morgan fingerprint density at radius 3 is 2.61 bits per heavy atom. The van der Waals surface area contributed by atoms with E-state index < -0.39 is 57.5 Å². The van der Waals surface area contributed by atoms with Gasteiger partial charge < -0.3 is 10.2 Å². The molecule has 5 nitrogen and oxygen atoms in total. The first-order chi connectivity index (χ1) is 13.0. The molecule has 0 saturated heterocycles. The van der Waals surface area contributed by atoms with Crippen LogP contribution in [0, 0.1) is 22.7 Å². The van der Waals surface area contributed by atoms with E-state index in [1.165, 1.54) is 6.08 Å². The van der Waals surface area contributed by atoms with Crippen molar-refractivity contribution in [2.45, 2.75) is 69.7 Å². The Morgan fingerprint density at radius 1 is 1.29 bits per heavy atom. The van der Waals surface area contributed by atoms with Crippen molar-refractivity contribution in [2.75, 3.05) is 5.88 Å². The van der Waals surface area contributed by atoms with Crippen LogP contribution >= 0.6 is 11.6 Å². The van der Waals surface area contributed by atoms with Gasteiger partial charge in [-0.3, -0.25) is 14.4 Å². The second-order valence-electron chi connectivity index (χ2n) is 9.52. The summed E-state index contributed by atoms with van der Waals surface area (Å²) < 4.78 is 16.8. The van der Waals surface area contributed by atoms with Crippen LogP contribution in [0.2, 0.25) is 0 Å².